The number of nitrogens with zero attached hydrogens (tertiary/aromatic N) is 1. The van der Waals surface area contributed by atoms with Gasteiger partial charge < -0.3 is 19.5 Å². The van der Waals surface area contributed by atoms with Gasteiger partial charge in [0.2, 0.25) is 0 Å². The fourth-order valence-corrected chi connectivity index (χ4v) is 2.91. The minimum Gasteiger partial charge on any atom is -0.487 e. The number of benzene rings is 2. The number of hydrogen-bond acceptors (Lipinski definition) is 4. The first-order valence-corrected chi connectivity index (χ1v) is 9.27. The molecule has 28 heavy (non-hydrogen) atoms. The van der Waals surface area contributed by atoms with Gasteiger partial charge in [-0.1, -0.05) is 23.7 Å². The molecule has 3 rings (SSSR count). The Morgan fingerprint density at radius 2 is 1.71 bits per heavy atom. The summed E-state index contributed by atoms with van der Waals surface area (Å²) >= 11 is 5.93. The number of likely N-dealkylation sites (tertiary alicyclic amines) is 1. The lowest BCUT2D eigenvalue weighted by Gasteiger charge is -2.39. The average Bonchev–Trinajstić information content (AvgIpc) is 2.56. The van der Waals surface area contributed by atoms with Gasteiger partial charge in [0.1, 0.15) is 17.5 Å². The first-order valence-electron chi connectivity index (χ1n) is 8.89. The van der Waals surface area contributed by atoms with Crippen molar-refractivity contribution >= 4 is 23.7 Å². The average molecular weight is 404 g/mol. The third-order valence-corrected chi connectivity index (χ3v) is 4.39. The van der Waals surface area contributed by atoms with Crippen LogP contribution in [0.2, 0.25) is 5.02 Å². The van der Waals surface area contributed by atoms with Crippen molar-refractivity contribution in [3.63, 3.8) is 0 Å². The molecule has 1 saturated heterocycles. The second kappa shape index (κ2) is 7.72. The summed E-state index contributed by atoms with van der Waals surface area (Å²) in [6, 6.07) is 12.0. The molecule has 2 aromatic carbocycles. The number of halogens is 1. The van der Waals surface area contributed by atoms with Gasteiger partial charge in [0, 0.05) is 5.02 Å². The van der Waals surface area contributed by atoms with Crippen LogP contribution < -0.4 is 4.74 Å². The van der Waals surface area contributed by atoms with Crippen LogP contribution in [0.15, 0.2) is 42.5 Å². The van der Waals surface area contributed by atoms with Crippen molar-refractivity contribution in [3.8, 4) is 16.9 Å². The van der Waals surface area contributed by atoms with Gasteiger partial charge in [-0.05, 0) is 62.2 Å². The highest BCUT2D eigenvalue weighted by Crippen LogP contribution is 2.29. The Labute approximate surface area is 168 Å². The molecule has 0 saturated carbocycles. The van der Waals surface area contributed by atoms with Crippen molar-refractivity contribution < 1.29 is 24.2 Å². The minimum absolute atomic E-state index is 0.130. The van der Waals surface area contributed by atoms with E-state index < -0.39 is 11.6 Å². The van der Waals surface area contributed by atoms with Gasteiger partial charge >= 0.3 is 12.1 Å². The molecule has 2 aromatic rings. The van der Waals surface area contributed by atoms with Crippen molar-refractivity contribution in [2.75, 3.05) is 13.1 Å². The molecule has 0 bridgehead atoms. The summed E-state index contributed by atoms with van der Waals surface area (Å²) in [4.78, 5) is 25.0. The molecule has 0 atom stereocenters. The van der Waals surface area contributed by atoms with E-state index in [0.29, 0.717) is 23.9 Å². The number of hydrogen-bond donors (Lipinski definition) is 1. The quantitative estimate of drug-likeness (QED) is 0.800. The van der Waals surface area contributed by atoms with Gasteiger partial charge in [-0.25, -0.2) is 9.59 Å². The zero-order valence-corrected chi connectivity index (χ0v) is 16.7. The SMILES string of the molecule is CC(C)(C)OC(=O)N1CC(Oc2cc(C(=O)O)cc(-c3ccc(Cl)cc3)c2)C1. The van der Waals surface area contributed by atoms with Crippen LogP contribution in [0.3, 0.4) is 0 Å². The molecule has 7 heteroatoms. The number of rotatable bonds is 4. The van der Waals surface area contributed by atoms with E-state index in [2.05, 4.69) is 0 Å². The molecule has 0 radical (unpaired) electrons. The van der Waals surface area contributed by atoms with Crippen LogP contribution in [-0.4, -0.2) is 46.9 Å². The molecule has 1 N–H and O–H groups in total. The Morgan fingerprint density at radius 3 is 2.29 bits per heavy atom. The number of carboxylic acids is 1. The molecule has 6 nitrogen and oxygen atoms in total. The summed E-state index contributed by atoms with van der Waals surface area (Å²) in [5.41, 5.74) is 1.13. The smallest absolute Gasteiger partial charge is 0.410 e. The van der Waals surface area contributed by atoms with Gasteiger partial charge in [0.05, 0.1) is 18.7 Å². The van der Waals surface area contributed by atoms with Crippen LogP contribution in [0.25, 0.3) is 11.1 Å². The molecule has 1 aliphatic heterocycles. The molecule has 0 spiro atoms. The molecule has 0 unspecified atom stereocenters. The maximum absolute atomic E-state index is 12.0. The van der Waals surface area contributed by atoms with Gasteiger partial charge in [0.25, 0.3) is 0 Å². The number of carbonyl (C=O) groups is 2. The number of carboxylic acid groups (broad SMARTS) is 1. The summed E-state index contributed by atoms with van der Waals surface area (Å²) in [5.74, 6) is -0.594. The molecular formula is C21H22ClNO5. The highest BCUT2D eigenvalue weighted by molar-refractivity contribution is 6.30. The van der Waals surface area contributed by atoms with Crippen molar-refractivity contribution in [3.05, 3.63) is 53.1 Å². The van der Waals surface area contributed by atoms with E-state index in [1.165, 1.54) is 6.07 Å². The summed E-state index contributed by atoms with van der Waals surface area (Å²) in [6.07, 6.45) is -0.594. The lowest BCUT2D eigenvalue weighted by molar-refractivity contribution is -0.0221. The third kappa shape index (κ3) is 4.95. The van der Waals surface area contributed by atoms with E-state index in [0.717, 1.165) is 11.1 Å². The Morgan fingerprint density at radius 1 is 1.07 bits per heavy atom. The van der Waals surface area contributed by atoms with Crippen LogP contribution in [0.1, 0.15) is 31.1 Å². The zero-order valence-electron chi connectivity index (χ0n) is 15.9. The number of carbonyl (C=O) groups excluding carboxylic acids is 1. The minimum atomic E-state index is -1.04. The lowest BCUT2D eigenvalue weighted by atomic mass is 10.0. The summed E-state index contributed by atoms with van der Waals surface area (Å²) in [6.45, 7) is 6.22. The second-order valence-corrected chi connectivity index (χ2v) is 8.12. The standard InChI is InChI=1S/C21H22ClNO5/c1-21(2,3)28-20(26)23-11-18(12-23)27-17-9-14(8-15(10-17)19(24)25)13-4-6-16(22)7-5-13/h4-10,18H,11-12H2,1-3H3,(H,24,25). The Hall–Kier alpha value is -2.73. The number of amides is 1. The van der Waals surface area contributed by atoms with E-state index in [1.807, 2.05) is 32.9 Å². The number of aromatic carboxylic acids is 1. The Balaban J connectivity index is 1.72. The Bertz CT molecular complexity index is 883. The van der Waals surface area contributed by atoms with Crippen LogP contribution >= 0.6 is 11.6 Å². The highest BCUT2D eigenvalue weighted by Gasteiger charge is 2.35. The highest BCUT2D eigenvalue weighted by atomic mass is 35.5. The first kappa shape index (κ1) is 20.0. The van der Waals surface area contributed by atoms with E-state index in [1.54, 1.807) is 29.2 Å². The van der Waals surface area contributed by atoms with E-state index in [4.69, 9.17) is 21.1 Å². The molecule has 1 fully saturated rings. The largest absolute Gasteiger partial charge is 0.487 e. The van der Waals surface area contributed by atoms with Crippen molar-refractivity contribution in [1.29, 1.82) is 0 Å². The monoisotopic (exact) mass is 403 g/mol. The van der Waals surface area contributed by atoms with Gasteiger partial charge in [0.15, 0.2) is 0 Å². The normalized spacial score (nSPS) is 14.4. The summed E-state index contributed by atoms with van der Waals surface area (Å²) in [7, 11) is 0. The van der Waals surface area contributed by atoms with Crippen molar-refractivity contribution in [2.45, 2.75) is 32.5 Å². The second-order valence-electron chi connectivity index (χ2n) is 7.68. The third-order valence-electron chi connectivity index (χ3n) is 4.13. The summed E-state index contributed by atoms with van der Waals surface area (Å²) < 4.78 is 11.2. The molecule has 0 aliphatic carbocycles. The Kier molecular flexibility index (Phi) is 5.52. The molecule has 1 amide bonds. The fourth-order valence-electron chi connectivity index (χ4n) is 2.78. The summed E-state index contributed by atoms with van der Waals surface area (Å²) in [5, 5.41) is 10.0. The first-order chi connectivity index (χ1) is 13.1. The molecule has 1 aliphatic rings. The predicted molar refractivity (Wildman–Crippen MR) is 106 cm³/mol. The van der Waals surface area contributed by atoms with Gasteiger partial charge in [-0.3, -0.25) is 0 Å². The predicted octanol–water partition coefficient (Wildman–Crippen LogP) is 4.70. The maximum atomic E-state index is 12.0. The lowest BCUT2D eigenvalue weighted by Crippen LogP contribution is -2.57. The van der Waals surface area contributed by atoms with Crippen molar-refractivity contribution in [2.24, 2.45) is 0 Å². The van der Waals surface area contributed by atoms with Gasteiger partial charge in [-0.15, -0.1) is 0 Å². The molecule has 148 valence electrons. The molecule has 1 heterocycles. The van der Waals surface area contributed by atoms with Crippen molar-refractivity contribution in [1.82, 2.24) is 4.90 Å². The fraction of sp³-hybridized carbons (Fsp3) is 0.333. The van der Waals surface area contributed by atoms with Crippen LogP contribution in [0.5, 0.6) is 5.75 Å². The van der Waals surface area contributed by atoms with E-state index in [9.17, 15) is 14.7 Å². The zero-order chi connectivity index (χ0) is 20.5. The number of ether oxygens (including phenoxy) is 2. The van der Waals surface area contributed by atoms with Gasteiger partial charge in [-0.2, -0.15) is 0 Å². The molecule has 0 aromatic heterocycles. The molecular weight excluding hydrogens is 382 g/mol. The van der Waals surface area contributed by atoms with Crippen LogP contribution in [0.4, 0.5) is 4.79 Å². The van der Waals surface area contributed by atoms with Crippen LogP contribution in [-0.2, 0) is 4.74 Å². The van der Waals surface area contributed by atoms with E-state index in [-0.39, 0.29) is 17.8 Å². The topological polar surface area (TPSA) is 76.1 Å². The maximum Gasteiger partial charge on any atom is 0.410 e. The van der Waals surface area contributed by atoms with E-state index >= 15 is 0 Å². The van der Waals surface area contributed by atoms with Crippen LogP contribution in [0, 0.1) is 0 Å².